The van der Waals surface area contributed by atoms with E-state index in [1.165, 1.54) is 0 Å². The molecule has 1 fully saturated rings. The van der Waals surface area contributed by atoms with Crippen LogP contribution in [0.2, 0.25) is 0 Å². The number of piperazine rings is 1. The van der Waals surface area contributed by atoms with Gasteiger partial charge < -0.3 is 20.1 Å². The molecule has 3 heterocycles. The van der Waals surface area contributed by atoms with E-state index in [-0.39, 0.29) is 6.61 Å². The zero-order valence-electron chi connectivity index (χ0n) is 17.7. The summed E-state index contributed by atoms with van der Waals surface area (Å²) >= 11 is 0. The first-order valence-corrected chi connectivity index (χ1v) is 9.90. The molecule has 1 aliphatic heterocycles. The summed E-state index contributed by atoms with van der Waals surface area (Å²) in [6.07, 6.45) is 7.16. The number of nitrogens with zero attached hydrogens (tertiary/aromatic N) is 5. The van der Waals surface area contributed by atoms with Crippen LogP contribution in [0, 0.1) is 11.3 Å². The van der Waals surface area contributed by atoms with Gasteiger partial charge in [-0.05, 0) is 45.2 Å². The molecule has 0 saturated carbocycles. The summed E-state index contributed by atoms with van der Waals surface area (Å²) in [6.45, 7) is 12.8. The third-order valence-corrected chi connectivity index (χ3v) is 4.81. The Bertz CT molecular complexity index is 1020. The number of aromatic nitrogens is 2. The number of pyridine rings is 1. The molecule has 8 heteroatoms. The number of rotatable bonds is 7. The topological polar surface area (TPSA) is 98.2 Å². The Kier molecular flexibility index (Phi) is 6.55. The maximum atomic E-state index is 9.97. The van der Waals surface area contributed by atoms with Gasteiger partial charge in [0, 0.05) is 31.7 Å². The zero-order valence-corrected chi connectivity index (χ0v) is 17.7. The quantitative estimate of drug-likeness (QED) is 0.538. The van der Waals surface area contributed by atoms with Gasteiger partial charge in [0.2, 0.25) is 0 Å². The minimum Gasteiger partial charge on any atom is -0.489 e. The Morgan fingerprint density at radius 2 is 2.17 bits per heavy atom. The summed E-state index contributed by atoms with van der Waals surface area (Å²) < 4.78 is 7.41. The Hall–Kier alpha value is -3.15. The van der Waals surface area contributed by atoms with Crippen molar-refractivity contribution in [3.8, 4) is 11.8 Å². The molecular weight excluding hydrogens is 380 g/mol. The summed E-state index contributed by atoms with van der Waals surface area (Å²) in [4.78, 5) is 6.37. The molecular formula is C22H28N6O2. The van der Waals surface area contributed by atoms with Gasteiger partial charge in [0.15, 0.2) is 0 Å². The van der Waals surface area contributed by atoms with Crippen molar-refractivity contribution in [3.05, 3.63) is 47.6 Å². The highest BCUT2D eigenvalue weighted by atomic mass is 16.5. The summed E-state index contributed by atoms with van der Waals surface area (Å²) in [5, 5.41) is 27.1. The number of hydrogen-bond acceptors (Lipinski definition) is 7. The molecule has 1 saturated heterocycles. The lowest BCUT2D eigenvalue weighted by Gasteiger charge is -2.29. The van der Waals surface area contributed by atoms with Gasteiger partial charge in [0.25, 0.3) is 0 Å². The van der Waals surface area contributed by atoms with E-state index in [1.807, 2.05) is 25.1 Å². The van der Waals surface area contributed by atoms with Gasteiger partial charge in [0.05, 0.1) is 29.1 Å². The average molecular weight is 409 g/mol. The van der Waals surface area contributed by atoms with Crippen molar-refractivity contribution in [2.45, 2.75) is 26.4 Å². The Balaban J connectivity index is 2.00. The first-order valence-electron chi connectivity index (χ1n) is 9.90. The molecule has 1 aliphatic rings. The number of ether oxygens (including phenoxy) is 1. The lowest BCUT2D eigenvalue weighted by atomic mass is 10.0. The van der Waals surface area contributed by atoms with E-state index in [2.05, 4.69) is 33.1 Å². The first kappa shape index (κ1) is 21.6. The molecule has 0 radical (unpaired) electrons. The molecule has 158 valence electrons. The molecule has 3 rings (SSSR count). The lowest BCUT2D eigenvalue weighted by molar-refractivity contribution is 0.0283. The molecule has 0 aliphatic carbocycles. The third-order valence-electron chi connectivity index (χ3n) is 4.81. The number of aliphatic hydroxyl groups is 1. The summed E-state index contributed by atoms with van der Waals surface area (Å²) in [7, 11) is 0. The summed E-state index contributed by atoms with van der Waals surface area (Å²) in [6, 6.07) is 4.07. The molecule has 0 aromatic carbocycles. The largest absolute Gasteiger partial charge is 0.489 e. The molecule has 0 spiro atoms. The van der Waals surface area contributed by atoms with Gasteiger partial charge in [-0.1, -0.05) is 6.08 Å². The Labute approximate surface area is 176 Å². The van der Waals surface area contributed by atoms with Gasteiger partial charge in [-0.15, -0.1) is 0 Å². The standard InChI is InChI=1S/C22H28N6O2/c1-16(5-6-20(24-4)27-9-7-25-8-10-27)19-11-18(30-15-22(2,3)29)14-28-21(19)17(12-23)13-26-28/h5-6,11,13-14,25,29H,4,7-10,15H2,1-3H3/b16-5+,20-6+. The molecule has 2 aromatic heterocycles. The number of aliphatic imine (C=N–C) groups is 1. The fourth-order valence-electron chi connectivity index (χ4n) is 3.26. The highest BCUT2D eigenvalue weighted by Crippen LogP contribution is 2.28. The van der Waals surface area contributed by atoms with E-state index < -0.39 is 5.60 Å². The predicted octanol–water partition coefficient (Wildman–Crippen LogP) is 2.21. The number of hydrogen-bond donors (Lipinski definition) is 2. The number of allylic oxidation sites excluding steroid dienone is 3. The van der Waals surface area contributed by atoms with Gasteiger partial charge in [0.1, 0.15) is 24.2 Å². The number of fused-ring (bicyclic) bond motifs is 1. The molecule has 0 atom stereocenters. The number of nitriles is 1. The molecule has 2 N–H and O–H groups in total. The summed E-state index contributed by atoms with van der Waals surface area (Å²) in [5.41, 5.74) is 2.00. The SMILES string of the molecule is C=N/C(=C\C=C(/C)c1cc(OCC(C)(C)O)cn2ncc(C#N)c12)N1CCNCC1. The first-order chi connectivity index (χ1) is 14.3. The second-order valence-electron chi connectivity index (χ2n) is 7.92. The maximum absolute atomic E-state index is 9.97. The van der Waals surface area contributed by atoms with E-state index in [9.17, 15) is 10.4 Å². The van der Waals surface area contributed by atoms with Crippen molar-refractivity contribution in [3.63, 3.8) is 0 Å². The van der Waals surface area contributed by atoms with Crippen molar-refractivity contribution in [2.24, 2.45) is 4.99 Å². The van der Waals surface area contributed by atoms with E-state index in [4.69, 9.17) is 4.74 Å². The van der Waals surface area contributed by atoms with Crippen LogP contribution in [-0.4, -0.2) is 64.7 Å². The van der Waals surface area contributed by atoms with Gasteiger partial charge in [-0.2, -0.15) is 10.4 Å². The highest BCUT2D eigenvalue weighted by molar-refractivity contribution is 5.82. The van der Waals surface area contributed by atoms with Gasteiger partial charge in [-0.3, -0.25) is 0 Å². The van der Waals surface area contributed by atoms with Crippen LogP contribution in [0.1, 0.15) is 31.9 Å². The van der Waals surface area contributed by atoms with Crippen LogP contribution >= 0.6 is 0 Å². The Morgan fingerprint density at radius 1 is 1.43 bits per heavy atom. The van der Waals surface area contributed by atoms with Gasteiger partial charge >= 0.3 is 0 Å². The van der Waals surface area contributed by atoms with Crippen LogP contribution in [-0.2, 0) is 0 Å². The van der Waals surface area contributed by atoms with Crippen LogP contribution in [0.3, 0.4) is 0 Å². The van der Waals surface area contributed by atoms with Crippen molar-refractivity contribution < 1.29 is 9.84 Å². The minimum absolute atomic E-state index is 0.139. The molecule has 30 heavy (non-hydrogen) atoms. The minimum atomic E-state index is -0.960. The molecule has 8 nitrogen and oxygen atoms in total. The second-order valence-corrected chi connectivity index (χ2v) is 7.92. The van der Waals surface area contributed by atoms with Crippen molar-refractivity contribution in [1.82, 2.24) is 19.8 Å². The molecule has 0 bridgehead atoms. The zero-order chi connectivity index (χ0) is 21.7. The van der Waals surface area contributed by atoms with E-state index in [1.54, 1.807) is 30.8 Å². The van der Waals surface area contributed by atoms with E-state index in [0.717, 1.165) is 43.1 Å². The average Bonchev–Trinajstić information content (AvgIpc) is 3.15. The molecule has 0 unspecified atom stereocenters. The number of nitrogens with one attached hydrogen (secondary N) is 1. The van der Waals surface area contributed by atoms with Crippen molar-refractivity contribution in [2.75, 3.05) is 32.8 Å². The van der Waals surface area contributed by atoms with Crippen molar-refractivity contribution in [1.29, 1.82) is 5.26 Å². The van der Waals surface area contributed by atoms with E-state index in [0.29, 0.717) is 16.8 Å². The Morgan fingerprint density at radius 3 is 2.80 bits per heavy atom. The fraction of sp³-hybridized carbons (Fsp3) is 0.409. The van der Waals surface area contributed by atoms with Crippen LogP contribution < -0.4 is 10.1 Å². The predicted molar refractivity (Wildman–Crippen MR) is 117 cm³/mol. The smallest absolute Gasteiger partial charge is 0.138 e. The summed E-state index contributed by atoms with van der Waals surface area (Å²) in [5.74, 6) is 1.38. The van der Waals surface area contributed by atoms with Crippen LogP contribution in [0.4, 0.5) is 0 Å². The van der Waals surface area contributed by atoms with Crippen molar-refractivity contribution >= 4 is 17.8 Å². The van der Waals surface area contributed by atoms with Crippen LogP contribution in [0.25, 0.3) is 11.1 Å². The monoisotopic (exact) mass is 408 g/mol. The normalized spacial score (nSPS) is 15.9. The van der Waals surface area contributed by atoms with Crippen LogP contribution in [0.5, 0.6) is 5.75 Å². The molecule has 2 aromatic rings. The van der Waals surface area contributed by atoms with Gasteiger partial charge in [-0.25, -0.2) is 9.51 Å². The van der Waals surface area contributed by atoms with Crippen LogP contribution in [0.15, 0.2) is 41.4 Å². The third kappa shape index (κ3) is 5.06. The molecule has 0 amide bonds. The maximum Gasteiger partial charge on any atom is 0.138 e. The lowest BCUT2D eigenvalue weighted by Crippen LogP contribution is -2.42. The highest BCUT2D eigenvalue weighted by Gasteiger charge is 2.17. The van der Waals surface area contributed by atoms with E-state index >= 15 is 0 Å². The fourth-order valence-corrected chi connectivity index (χ4v) is 3.26. The second kappa shape index (κ2) is 9.11.